The molecule has 0 fully saturated rings. The second kappa shape index (κ2) is 5.57. The first kappa shape index (κ1) is 6.57. The van der Waals surface area contributed by atoms with Crippen molar-refractivity contribution < 1.29 is 0 Å². The highest BCUT2D eigenvalue weighted by Gasteiger charge is 1.60. The number of hydrogen-bond donors (Lipinski definition) is 0. The van der Waals surface area contributed by atoms with Crippen LogP contribution in [0.1, 0.15) is 0 Å². The molecule has 3 heteroatoms. The molecule has 40 valence electrons. The molecule has 3 nitrogen and oxygen atoms in total. The lowest BCUT2D eigenvalue weighted by atomic mass is 10.7. The predicted molar refractivity (Wildman–Crippen MR) is 29.7 cm³/mol. The summed E-state index contributed by atoms with van der Waals surface area (Å²) in [6.07, 6.45) is 11.2. The van der Waals surface area contributed by atoms with Crippen molar-refractivity contribution in [1.82, 2.24) is 15.4 Å². The molecule has 0 aliphatic rings. The van der Waals surface area contributed by atoms with Crippen LogP contribution in [0, 0.1) is 12.8 Å². The third-order valence-electron chi connectivity index (χ3n) is 0.409. The highest BCUT2D eigenvalue weighted by Crippen LogP contribution is 1.61. The number of aromatic nitrogens is 3. The highest BCUT2D eigenvalue weighted by atomic mass is 15.3. The molecule has 0 atom stereocenters. The van der Waals surface area contributed by atoms with Gasteiger partial charge in [0.1, 0.15) is 0 Å². The van der Waals surface area contributed by atoms with Gasteiger partial charge in [-0.05, 0) is 11.3 Å². The minimum Gasteiger partial charge on any atom is -0.139 e. The van der Waals surface area contributed by atoms with Crippen LogP contribution in [0.5, 0.6) is 0 Å². The van der Waals surface area contributed by atoms with Crippen LogP contribution in [-0.4, -0.2) is 15.4 Å². The summed E-state index contributed by atoms with van der Waals surface area (Å²) in [7, 11) is 0. The predicted octanol–water partition coefficient (Wildman–Crippen LogP) is 0.121. The maximum atomic E-state index is 4.00. The van der Waals surface area contributed by atoms with E-state index in [0.717, 1.165) is 0 Å². The zero-order valence-corrected chi connectivity index (χ0v) is 4.23. The van der Waals surface area contributed by atoms with Crippen LogP contribution in [-0.2, 0) is 0 Å². The Morgan fingerprint density at radius 1 is 1.00 bits per heavy atom. The summed E-state index contributed by atoms with van der Waals surface area (Å²) in [4.78, 5) is 0. The molecule has 0 bridgehead atoms. The second-order valence-electron chi connectivity index (χ2n) is 0.811. The molecule has 0 aliphatic carbocycles. The van der Waals surface area contributed by atoms with Crippen molar-refractivity contribution in [3.05, 3.63) is 18.5 Å². The zero-order valence-electron chi connectivity index (χ0n) is 4.23. The summed E-state index contributed by atoms with van der Waals surface area (Å²) in [6, 6.07) is 1.72. The van der Waals surface area contributed by atoms with E-state index in [1.165, 1.54) is 0 Å². The summed E-state index contributed by atoms with van der Waals surface area (Å²) in [5.74, 6) is 0. The topological polar surface area (TPSA) is 38.7 Å². The van der Waals surface area contributed by atoms with Gasteiger partial charge >= 0.3 is 0 Å². The smallest absolute Gasteiger partial charge is 0.0529 e. The quantitative estimate of drug-likeness (QED) is 0.442. The molecule has 1 aromatic heterocycles. The first-order valence-electron chi connectivity index (χ1n) is 1.92. The number of terminal acetylenes is 1. The lowest BCUT2D eigenvalue weighted by molar-refractivity contribution is 0.865. The highest BCUT2D eigenvalue weighted by molar-refractivity contribution is 4.69. The molecule has 0 aliphatic heterocycles. The molecule has 8 heavy (non-hydrogen) atoms. The van der Waals surface area contributed by atoms with Gasteiger partial charge in [0.05, 0.1) is 12.4 Å². The van der Waals surface area contributed by atoms with E-state index in [1.54, 1.807) is 18.5 Å². The largest absolute Gasteiger partial charge is 0.139 e. The molecule has 1 aromatic rings. The van der Waals surface area contributed by atoms with Gasteiger partial charge < -0.3 is 0 Å². The van der Waals surface area contributed by atoms with Crippen molar-refractivity contribution in [3.8, 4) is 12.8 Å². The van der Waals surface area contributed by atoms with Gasteiger partial charge in [-0.2, -0.15) is 0 Å². The third kappa shape index (κ3) is 2.79. The monoisotopic (exact) mass is 107 g/mol. The Morgan fingerprint density at radius 2 is 1.50 bits per heavy atom. The van der Waals surface area contributed by atoms with E-state index in [1.807, 2.05) is 0 Å². The number of hydrogen-bond acceptors (Lipinski definition) is 3. The van der Waals surface area contributed by atoms with E-state index < -0.39 is 0 Å². The molecular formula is C5H5N3. The molecule has 0 spiro atoms. The van der Waals surface area contributed by atoms with E-state index >= 15 is 0 Å². The Hall–Kier alpha value is -1.43. The molecule has 1 heterocycles. The first-order chi connectivity index (χ1) is 4.00. The second-order valence-corrected chi connectivity index (χ2v) is 0.811. The number of nitrogens with zero attached hydrogens (tertiary/aromatic N) is 3. The number of rotatable bonds is 0. The summed E-state index contributed by atoms with van der Waals surface area (Å²) in [6.45, 7) is 0. The maximum absolute atomic E-state index is 4.00. The molecule has 0 amide bonds. The summed E-state index contributed by atoms with van der Waals surface area (Å²) < 4.78 is 0. The Kier molecular flexibility index (Phi) is 4.57. The Bertz CT molecular complexity index is 108. The molecule has 0 N–H and O–H groups in total. The van der Waals surface area contributed by atoms with Crippen LogP contribution in [0.25, 0.3) is 0 Å². The van der Waals surface area contributed by atoms with Crippen LogP contribution in [0.4, 0.5) is 0 Å². The van der Waals surface area contributed by atoms with E-state index in [9.17, 15) is 0 Å². The zero-order chi connectivity index (χ0) is 6.24. The van der Waals surface area contributed by atoms with Gasteiger partial charge in [0.15, 0.2) is 0 Å². The molecule has 0 aromatic carbocycles. The first-order valence-corrected chi connectivity index (χ1v) is 1.92. The maximum Gasteiger partial charge on any atom is 0.0529 e. The normalized spacial score (nSPS) is 6.25. The van der Waals surface area contributed by atoms with Gasteiger partial charge in [0.2, 0.25) is 0 Å². The van der Waals surface area contributed by atoms with E-state index in [-0.39, 0.29) is 0 Å². The molecule has 0 saturated heterocycles. The van der Waals surface area contributed by atoms with E-state index in [4.69, 9.17) is 0 Å². The standard InChI is InChI=1S/C3H3N3.C2H2/c1-2-4-6-5-3-1;1-2/h1-3H;1-2H. The van der Waals surface area contributed by atoms with Crippen LogP contribution < -0.4 is 0 Å². The fourth-order valence-electron chi connectivity index (χ4n) is 0.205. The molecule has 1 rings (SSSR count). The van der Waals surface area contributed by atoms with E-state index in [0.29, 0.717) is 0 Å². The van der Waals surface area contributed by atoms with Crippen molar-refractivity contribution in [1.29, 1.82) is 0 Å². The Labute approximate surface area is 47.8 Å². The lowest BCUT2D eigenvalue weighted by Gasteiger charge is -1.68. The van der Waals surface area contributed by atoms with Crippen LogP contribution in [0.15, 0.2) is 18.5 Å². The summed E-state index contributed by atoms with van der Waals surface area (Å²) in [5, 5.41) is 10.1. The van der Waals surface area contributed by atoms with Gasteiger partial charge in [-0.15, -0.1) is 23.0 Å². The van der Waals surface area contributed by atoms with Crippen LogP contribution in [0.3, 0.4) is 0 Å². The SMILES string of the molecule is C#C.c1cnnnc1. The average Bonchev–Trinajstić information content (AvgIpc) is 1.96. The molecular weight excluding hydrogens is 102 g/mol. The van der Waals surface area contributed by atoms with Gasteiger partial charge in [-0.25, -0.2) is 0 Å². The van der Waals surface area contributed by atoms with Gasteiger partial charge in [-0.3, -0.25) is 0 Å². The molecule has 0 saturated carbocycles. The third-order valence-corrected chi connectivity index (χ3v) is 0.409. The summed E-state index contributed by atoms with van der Waals surface area (Å²) >= 11 is 0. The fourth-order valence-corrected chi connectivity index (χ4v) is 0.205. The van der Waals surface area contributed by atoms with Crippen molar-refractivity contribution in [2.75, 3.05) is 0 Å². The van der Waals surface area contributed by atoms with Crippen molar-refractivity contribution >= 4 is 0 Å². The molecule has 0 unspecified atom stereocenters. The van der Waals surface area contributed by atoms with Crippen molar-refractivity contribution in [2.24, 2.45) is 0 Å². The van der Waals surface area contributed by atoms with E-state index in [2.05, 4.69) is 28.3 Å². The molecule has 0 radical (unpaired) electrons. The van der Waals surface area contributed by atoms with Gasteiger partial charge in [0, 0.05) is 0 Å². The minimum absolute atomic E-state index is 1.58. The van der Waals surface area contributed by atoms with Crippen LogP contribution >= 0.6 is 0 Å². The Balaban J connectivity index is 0.000000222. The fraction of sp³-hybridized carbons (Fsp3) is 0. The van der Waals surface area contributed by atoms with Crippen molar-refractivity contribution in [2.45, 2.75) is 0 Å². The van der Waals surface area contributed by atoms with Gasteiger partial charge in [-0.1, -0.05) is 0 Å². The Morgan fingerprint density at radius 3 is 1.62 bits per heavy atom. The lowest BCUT2D eigenvalue weighted by Crippen LogP contribution is -1.78. The average molecular weight is 107 g/mol. The minimum atomic E-state index is 1.58. The van der Waals surface area contributed by atoms with Crippen LogP contribution in [0.2, 0.25) is 0 Å². The van der Waals surface area contributed by atoms with Gasteiger partial charge in [0.25, 0.3) is 0 Å². The summed E-state index contributed by atoms with van der Waals surface area (Å²) in [5.41, 5.74) is 0. The van der Waals surface area contributed by atoms with Crippen molar-refractivity contribution in [3.63, 3.8) is 0 Å².